The molecule has 2 aliphatic rings. The van der Waals surface area contributed by atoms with Gasteiger partial charge in [0.15, 0.2) is 0 Å². The molecule has 0 saturated carbocycles. The summed E-state index contributed by atoms with van der Waals surface area (Å²) in [7, 11) is -1.60. The number of carbonyl (C=O) groups is 1. The van der Waals surface area contributed by atoms with E-state index in [9.17, 15) is 17.6 Å². The van der Waals surface area contributed by atoms with Crippen molar-refractivity contribution in [2.75, 3.05) is 26.5 Å². The molecule has 1 aromatic carbocycles. The van der Waals surface area contributed by atoms with Crippen molar-refractivity contribution in [3.63, 3.8) is 0 Å². The standard InChI is InChI=1S/C18H21FN2O5S/c1-20-12-6-14(7-13(20)10-25-9-12)26-18(22)16-8-21(27(2,23)24)17-4-3-11(19)5-15(16)17/h3-5,8,12-14H,6-7,9-10H2,1-2H3/t12-,13+,14-. The lowest BCUT2D eigenvalue weighted by molar-refractivity contribution is -0.0970. The monoisotopic (exact) mass is 396 g/mol. The Kier molecular flexibility index (Phi) is 4.48. The van der Waals surface area contributed by atoms with Crippen molar-refractivity contribution < 1.29 is 27.1 Å². The molecule has 2 aromatic rings. The fourth-order valence-electron chi connectivity index (χ4n) is 3.97. The maximum absolute atomic E-state index is 13.7. The number of rotatable bonds is 3. The highest BCUT2D eigenvalue weighted by Crippen LogP contribution is 2.30. The largest absolute Gasteiger partial charge is 0.459 e. The normalized spacial score (nSPS) is 26.3. The van der Waals surface area contributed by atoms with Gasteiger partial charge in [0.2, 0.25) is 10.0 Å². The highest BCUT2D eigenvalue weighted by atomic mass is 32.2. The molecule has 2 aliphatic heterocycles. The van der Waals surface area contributed by atoms with Crippen molar-refractivity contribution in [2.45, 2.75) is 31.0 Å². The number of halogens is 1. The van der Waals surface area contributed by atoms with E-state index >= 15 is 0 Å². The zero-order chi connectivity index (χ0) is 19.3. The number of piperidine rings is 1. The molecule has 7 nitrogen and oxygen atoms in total. The molecule has 2 bridgehead atoms. The lowest BCUT2D eigenvalue weighted by Gasteiger charge is -2.46. The van der Waals surface area contributed by atoms with Crippen molar-refractivity contribution in [1.82, 2.24) is 8.87 Å². The Morgan fingerprint density at radius 2 is 1.93 bits per heavy atom. The summed E-state index contributed by atoms with van der Waals surface area (Å²) in [5, 5.41) is 0.224. The molecule has 0 radical (unpaired) electrons. The van der Waals surface area contributed by atoms with Gasteiger partial charge in [0.25, 0.3) is 0 Å². The highest BCUT2D eigenvalue weighted by Gasteiger charge is 2.38. The minimum absolute atomic E-state index is 0.0512. The second-order valence-electron chi connectivity index (χ2n) is 7.27. The number of hydrogen-bond donors (Lipinski definition) is 0. The minimum atomic E-state index is -3.64. The van der Waals surface area contributed by atoms with E-state index in [2.05, 4.69) is 4.90 Å². The molecule has 27 heavy (non-hydrogen) atoms. The van der Waals surface area contributed by atoms with Crippen molar-refractivity contribution in [1.29, 1.82) is 0 Å². The van der Waals surface area contributed by atoms with Crippen molar-refractivity contribution in [3.05, 3.63) is 35.8 Å². The Morgan fingerprint density at radius 1 is 1.26 bits per heavy atom. The number of carbonyl (C=O) groups excluding carboxylic acids is 1. The van der Waals surface area contributed by atoms with Gasteiger partial charge < -0.3 is 9.47 Å². The zero-order valence-electron chi connectivity index (χ0n) is 15.1. The number of hydrogen-bond acceptors (Lipinski definition) is 6. The van der Waals surface area contributed by atoms with Crippen LogP contribution in [0.5, 0.6) is 0 Å². The lowest BCUT2D eigenvalue weighted by Crippen LogP contribution is -2.56. The van der Waals surface area contributed by atoms with E-state index in [0.717, 1.165) is 22.4 Å². The zero-order valence-corrected chi connectivity index (χ0v) is 15.9. The third-order valence-corrected chi connectivity index (χ3v) is 6.44. The average Bonchev–Trinajstić information content (AvgIpc) is 2.94. The van der Waals surface area contributed by atoms with Crippen molar-refractivity contribution >= 4 is 26.9 Å². The first-order chi connectivity index (χ1) is 12.7. The van der Waals surface area contributed by atoms with Gasteiger partial charge in [-0.05, 0) is 25.2 Å². The first-order valence-electron chi connectivity index (χ1n) is 8.76. The highest BCUT2D eigenvalue weighted by molar-refractivity contribution is 7.89. The number of benzene rings is 1. The topological polar surface area (TPSA) is 77.8 Å². The third-order valence-electron chi connectivity index (χ3n) is 5.43. The molecule has 0 amide bonds. The Hall–Kier alpha value is -1.97. The van der Waals surface area contributed by atoms with E-state index < -0.39 is 21.8 Å². The Bertz CT molecular complexity index is 989. The Labute approximate surface area is 156 Å². The van der Waals surface area contributed by atoms with Gasteiger partial charge in [-0.2, -0.15) is 0 Å². The SMILES string of the molecule is CN1[C@@H]2COC[C@H]1C[C@@H](OC(=O)c1cn(S(C)(=O)=O)c3ccc(F)cc13)C2. The van der Waals surface area contributed by atoms with Crippen LogP contribution in [0.15, 0.2) is 24.4 Å². The number of ether oxygens (including phenoxy) is 2. The van der Waals surface area contributed by atoms with Gasteiger partial charge in [-0.3, -0.25) is 4.90 Å². The summed E-state index contributed by atoms with van der Waals surface area (Å²) in [6.07, 6.45) is 3.26. The average molecular weight is 396 g/mol. The van der Waals surface area contributed by atoms with Crippen LogP contribution in [0.25, 0.3) is 10.9 Å². The molecular formula is C18H21FN2O5S. The molecule has 2 saturated heterocycles. The number of likely N-dealkylation sites (N-methyl/N-ethyl adjacent to an activating group) is 1. The van der Waals surface area contributed by atoms with Crippen LogP contribution in [0.1, 0.15) is 23.2 Å². The fourth-order valence-corrected chi connectivity index (χ4v) is 4.78. The van der Waals surface area contributed by atoms with E-state index in [1.54, 1.807) is 0 Å². The van der Waals surface area contributed by atoms with E-state index in [1.807, 2.05) is 7.05 Å². The van der Waals surface area contributed by atoms with Crippen LogP contribution in [0, 0.1) is 5.82 Å². The van der Waals surface area contributed by atoms with Crippen LogP contribution in [-0.4, -0.2) is 68.0 Å². The van der Waals surface area contributed by atoms with Crippen LogP contribution in [0.3, 0.4) is 0 Å². The van der Waals surface area contributed by atoms with Gasteiger partial charge >= 0.3 is 5.97 Å². The summed E-state index contributed by atoms with van der Waals surface area (Å²) in [6, 6.07) is 4.04. The molecule has 0 N–H and O–H groups in total. The van der Waals surface area contributed by atoms with E-state index in [0.29, 0.717) is 26.1 Å². The molecule has 1 aromatic heterocycles. The Morgan fingerprint density at radius 3 is 2.56 bits per heavy atom. The van der Waals surface area contributed by atoms with Crippen molar-refractivity contribution in [3.8, 4) is 0 Å². The van der Waals surface area contributed by atoms with Gasteiger partial charge in [-0.15, -0.1) is 0 Å². The molecule has 0 spiro atoms. The summed E-state index contributed by atoms with van der Waals surface area (Å²) in [5.41, 5.74) is 0.301. The van der Waals surface area contributed by atoms with E-state index in [-0.39, 0.29) is 34.7 Å². The summed E-state index contributed by atoms with van der Waals surface area (Å²) in [5.74, 6) is -1.18. The van der Waals surface area contributed by atoms with Crippen molar-refractivity contribution in [2.24, 2.45) is 0 Å². The number of fused-ring (bicyclic) bond motifs is 3. The smallest absolute Gasteiger partial charge is 0.340 e. The molecule has 3 heterocycles. The van der Waals surface area contributed by atoms with Crippen LogP contribution in [0.2, 0.25) is 0 Å². The van der Waals surface area contributed by atoms with Gasteiger partial charge in [-0.1, -0.05) is 0 Å². The number of morpholine rings is 1. The van der Waals surface area contributed by atoms with E-state index in [4.69, 9.17) is 9.47 Å². The predicted octanol–water partition coefficient (Wildman–Crippen LogP) is 1.61. The summed E-state index contributed by atoms with van der Waals surface area (Å²) in [6.45, 7) is 1.19. The van der Waals surface area contributed by atoms with Gasteiger partial charge in [0.05, 0.1) is 30.5 Å². The summed E-state index contributed by atoms with van der Waals surface area (Å²) >= 11 is 0. The predicted molar refractivity (Wildman–Crippen MR) is 96.7 cm³/mol. The molecular weight excluding hydrogens is 375 g/mol. The first-order valence-corrected chi connectivity index (χ1v) is 10.6. The molecule has 2 fully saturated rings. The second-order valence-corrected chi connectivity index (χ2v) is 9.13. The number of esters is 1. The maximum atomic E-state index is 13.7. The number of aromatic nitrogens is 1. The Balaban J connectivity index is 1.64. The van der Waals surface area contributed by atoms with Gasteiger partial charge in [0.1, 0.15) is 11.9 Å². The first kappa shape index (κ1) is 18.4. The number of nitrogens with zero attached hydrogens (tertiary/aromatic N) is 2. The summed E-state index contributed by atoms with van der Waals surface area (Å²) < 4.78 is 50.0. The molecule has 9 heteroatoms. The molecule has 4 rings (SSSR count). The minimum Gasteiger partial charge on any atom is -0.459 e. The quantitative estimate of drug-likeness (QED) is 0.734. The molecule has 0 unspecified atom stereocenters. The lowest BCUT2D eigenvalue weighted by atomic mass is 9.92. The fraction of sp³-hybridized carbons (Fsp3) is 0.500. The second kappa shape index (κ2) is 6.57. The molecule has 0 aliphatic carbocycles. The van der Waals surface area contributed by atoms with Gasteiger partial charge in [0, 0.05) is 36.5 Å². The van der Waals surface area contributed by atoms with Crippen LogP contribution < -0.4 is 0 Å². The van der Waals surface area contributed by atoms with Crippen LogP contribution >= 0.6 is 0 Å². The molecule has 146 valence electrons. The molecule has 3 atom stereocenters. The summed E-state index contributed by atoms with van der Waals surface area (Å²) in [4.78, 5) is 15.0. The van der Waals surface area contributed by atoms with Gasteiger partial charge in [-0.25, -0.2) is 21.6 Å². The van der Waals surface area contributed by atoms with Crippen LogP contribution in [-0.2, 0) is 19.5 Å². The van der Waals surface area contributed by atoms with E-state index in [1.165, 1.54) is 12.3 Å². The maximum Gasteiger partial charge on any atom is 0.340 e. The van der Waals surface area contributed by atoms with Crippen LogP contribution in [0.4, 0.5) is 4.39 Å². The third kappa shape index (κ3) is 3.35.